The molecule has 2 aromatic carbocycles. The number of Topliss-reactive ketones (excluding diaryl/α,β-unsaturated/α-hetero) is 1. The van der Waals surface area contributed by atoms with Crippen LogP contribution >= 0.6 is 0 Å². The van der Waals surface area contributed by atoms with Crippen LogP contribution < -0.4 is 0 Å². The quantitative estimate of drug-likeness (QED) is 0.493. The van der Waals surface area contributed by atoms with Crippen molar-refractivity contribution in [2.75, 3.05) is 6.54 Å². The van der Waals surface area contributed by atoms with Crippen LogP contribution in [0.15, 0.2) is 65.2 Å². The topological polar surface area (TPSA) is 78.3 Å². The van der Waals surface area contributed by atoms with E-state index >= 15 is 0 Å². The lowest BCUT2D eigenvalue weighted by atomic mass is 9.73. The molecule has 4 rings (SSSR count). The molecule has 1 aliphatic rings. The number of aliphatic imine (C=N–C) groups is 1. The van der Waals surface area contributed by atoms with E-state index in [1.807, 2.05) is 42.5 Å². The number of aromatic nitrogens is 2. The second-order valence-corrected chi connectivity index (χ2v) is 8.31. The number of nitrogens with one attached hydrogen (secondary N) is 1. The number of hydrogen-bond donors (Lipinski definition) is 2. The molecule has 0 amide bonds. The van der Waals surface area contributed by atoms with Gasteiger partial charge in [0.15, 0.2) is 5.78 Å². The molecule has 3 aromatic rings. The molecular weight excluding hydrogens is 362 g/mol. The molecule has 0 bridgehead atoms. The van der Waals surface area contributed by atoms with Gasteiger partial charge in [0.1, 0.15) is 11.6 Å². The van der Waals surface area contributed by atoms with Gasteiger partial charge in [-0.3, -0.25) is 9.79 Å². The Hall–Kier alpha value is -3.21. The number of imidazole rings is 1. The highest BCUT2D eigenvalue weighted by atomic mass is 16.3. The van der Waals surface area contributed by atoms with Gasteiger partial charge in [-0.15, -0.1) is 0 Å². The van der Waals surface area contributed by atoms with E-state index in [0.29, 0.717) is 42.7 Å². The lowest BCUT2D eigenvalue weighted by Gasteiger charge is -2.31. The van der Waals surface area contributed by atoms with Gasteiger partial charge in [-0.2, -0.15) is 0 Å². The molecule has 0 spiro atoms. The van der Waals surface area contributed by atoms with Crippen LogP contribution in [0.4, 0.5) is 0 Å². The van der Waals surface area contributed by atoms with Crippen molar-refractivity contribution in [2.45, 2.75) is 33.1 Å². The van der Waals surface area contributed by atoms with Crippen LogP contribution in [-0.4, -0.2) is 33.1 Å². The van der Waals surface area contributed by atoms with Crippen LogP contribution in [0.25, 0.3) is 16.8 Å². The highest BCUT2D eigenvalue weighted by Gasteiger charge is 2.36. The Labute approximate surface area is 170 Å². The zero-order valence-corrected chi connectivity index (χ0v) is 16.8. The maximum atomic E-state index is 12.9. The summed E-state index contributed by atoms with van der Waals surface area (Å²) in [6.07, 6.45) is 1.71. The van der Waals surface area contributed by atoms with Crippen molar-refractivity contribution in [1.29, 1.82) is 0 Å². The summed E-state index contributed by atoms with van der Waals surface area (Å²) < 4.78 is 0. The number of carbonyl (C=O) groups is 1. The van der Waals surface area contributed by atoms with Crippen LogP contribution in [-0.2, 0) is 11.2 Å². The summed E-state index contributed by atoms with van der Waals surface area (Å²) in [6, 6.07) is 17.1. The van der Waals surface area contributed by atoms with Crippen molar-refractivity contribution in [3.8, 4) is 0 Å². The summed E-state index contributed by atoms with van der Waals surface area (Å²) in [5.74, 6) is 0.841. The van der Waals surface area contributed by atoms with Crippen molar-refractivity contribution in [3.63, 3.8) is 0 Å². The van der Waals surface area contributed by atoms with Crippen LogP contribution in [0.2, 0.25) is 0 Å². The van der Waals surface area contributed by atoms with Gasteiger partial charge in [0.25, 0.3) is 0 Å². The molecule has 1 heterocycles. The predicted molar refractivity (Wildman–Crippen MR) is 116 cm³/mol. The number of carbonyl (C=O) groups excluding carboxylic acids is 1. The number of benzene rings is 2. The molecule has 1 aliphatic carbocycles. The number of allylic oxidation sites excluding steroid dienone is 1. The van der Waals surface area contributed by atoms with Gasteiger partial charge in [-0.05, 0) is 24.0 Å². The maximum Gasteiger partial charge on any atom is 0.168 e. The maximum absolute atomic E-state index is 12.9. The lowest BCUT2D eigenvalue weighted by Crippen LogP contribution is -2.32. The number of para-hydroxylation sites is 2. The minimum atomic E-state index is -0.171. The minimum absolute atomic E-state index is 0.0218. The molecule has 0 saturated heterocycles. The number of H-pyrrole nitrogens is 1. The van der Waals surface area contributed by atoms with E-state index in [-0.39, 0.29) is 17.0 Å². The summed E-state index contributed by atoms with van der Waals surface area (Å²) in [6.45, 7) is 4.64. The first-order chi connectivity index (χ1) is 13.9. The Morgan fingerprint density at radius 3 is 2.59 bits per heavy atom. The smallest absolute Gasteiger partial charge is 0.168 e. The third-order valence-electron chi connectivity index (χ3n) is 5.23. The highest BCUT2D eigenvalue weighted by Crippen LogP contribution is 2.36. The fourth-order valence-electron chi connectivity index (χ4n) is 3.85. The summed E-state index contributed by atoms with van der Waals surface area (Å²) in [5.41, 5.74) is 3.46. The average Bonchev–Trinajstić information content (AvgIpc) is 3.10. The van der Waals surface area contributed by atoms with E-state index in [0.717, 1.165) is 16.9 Å². The molecule has 148 valence electrons. The summed E-state index contributed by atoms with van der Waals surface area (Å²) in [5, 5.41) is 10.8. The number of ketones is 1. The molecular formula is C24H25N3O2. The van der Waals surface area contributed by atoms with E-state index in [1.54, 1.807) is 12.1 Å². The van der Waals surface area contributed by atoms with Crippen LogP contribution in [0, 0.1) is 5.41 Å². The summed E-state index contributed by atoms with van der Waals surface area (Å²) >= 11 is 0. The monoisotopic (exact) mass is 387 g/mol. The van der Waals surface area contributed by atoms with Crippen LogP contribution in [0.3, 0.4) is 0 Å². The molecule has 29 heavy (non-hydrogen) atoms. The first-order valence-electron chi connectivity index (χ1n) is 9.92. The second kappa shape index (κ2) is 7.66. The Morgan fingerprint density at radius 1 is 1.10 bits per heavy atom. The third kappa shape index (κ3) is 4.14. The summed E-state index contributed by atoms with van der Waals surface area (Å²) in [7, 11) is 0. The number of rotatable bonds is 4. The average molecular weight is 387 g/mol. The first-order valence-corrected chi connectivity index (χ1v) is 9.92. The minimum Gasteiger partial charge on any atom is -0.506 e. The molecule has 0 unspecified atom stereocenters. The van der Waals surface area contributed by atoms with Crippen molar-refractivity contribution in [3.05, 3.63) is 71.6 Å². The van der Waals surface area contributed by atoms with Crippen molar-refractivity contribution in [1.82, 2.24) is 9.97 Å². The first kappa shape index (κ1) is 19.1. The van der Waals surface area contributed by atoms with Gasteiger partial charge in [0, 0.05) is 30.7 Å². The van der Waals surface area contributed by atoms with Crippen molar-refractivity contribution < 1.29 is 9.90 Å². The third-order valence-corrected chi connectivity index (χ3v) is 5.23. The molecule has 1 fully saturated rings. The van der Waals surface area contributed by atoms with Crippen molar-refractivity contribution >= 4 is 28.3 Å². The SMILES string of the molecule is CC1(C)CC(=O)/C(=C(/O)c2ccccc2)C(=NCCc2nc3ccccc3[nH]2)C1. The largest absolute Gasteiger partial charge is 0.506 e. The van der Waals surface area contributed by atoms with Gasteiger partial charge in [-0.25, -0.2) is 4.98 Å². The Kier molecular flexibility index (Phi) is 5.05. The van der Waals surface area contributed by atoms with Gasteiger partial charge < -0.3 is 10.1 Å². The van der Waals surface area contributed by atoms with E-state index < -0.39 is 0 Å². The zero-order chi connectivity index (χ0) is 20.4. The number of fused-ring (bicyclic) bond motifs is 1. The summed E-state index contributed by atoms with van der Waals surface area (Å²) in [4.78, 5) is 25.5. The predicted octanol–water partition coefficient (Wildman–Crippen LogP) is 4.90. The second-order valence-electron chi connectivity index (χ2n) is 8.31. The number of hydrogen-bond acceptors (Lipinski definition) is 4. The zero-order valence-electron chi connectivity index (χ0n) is 16.8. The Balaban J connectivity index is 1.62. The highest BCUT2D eigenvalue weighted by molar-refractivity contribution is 6.28. The van der Waals surface area contributed by atoms with E-state index in [1.165, 1.54) is 0 Å². The van der Waals surface area contributed by atoms with Crippen LogP contribution in [0.5, 0.6) is 0 Å². The molecule has 0 atom stereocenters. The van der Waals surface area contributed by atoms with Gasteiger partial charge in [0.2, 0.25) is 0 Å². The lowest BCUT2D eigenvalue weighted by molar-refractivity contribution is -0.117. The number of aliphatic hydroxyl groups is 1. The molecule has 0 radical (unpaired) electrons. The van der Waals surface area contributed by atoms with Crippen LogP contribution in [0.1, 0.15) is 38.1 Å². The normalized spacial score (nSPS) is 19.7. The van der Waals surface area contributed by atoms with Gasteiger partial charge in [0.05, 0.1) is 16.6 Å². The van der Waals surface area contributed by atoms with E-state index in [4.69, 9.17) is 4.99 Å². The number of aromatic amines is 1. The number of aliphatic hydroxyl groups excluding tert-OH is 1. The molecule has 2 N–H and O–H groups in total. The van der Waals surface area contributed by atoms with E-state index in [2.05, 4.69) is 23.8 Å². The van der Waals surface area contributed by atoms with Crippen molar-refractivity contribution in [2.24, 2.45) is 10.4 Å². The molecule has 5 nitrogen and oxygen atoms in total. The Bertz CT molecular complexity index is 1070. The van der Waals surface area contributed by atoms with E-state index in [9.17, 15) is 9.90 Å². The molecule has 1 saturated carbocycles. The molecule has 5 heteroatoms. The fourth-order valence-corrected chi connectivity index (χ4v) is 3.85. The van der Waals surface area contributed by atoms with Gasteiger partial charge >= 0.3 is 0 Å². The molecule has 0 aliphatic heterocycles. The molecule has 1 aromatic heterocycles. The fraction of sp³-hybridized carbons (Fsp3) is 0.292. The number of nitrogens with zero attached hydrogens (tertiary/aromatic N) is 2. The van der Waals surface area contributed by atoms with Gasteiger partial charge in [-0.1, -0.05) is 56.3 Å². The Morgan fingerprint density at radius 2 is 1.83 bits per heavy atom. The standard InChI is InChI=1S/C24H25N3O2/c1-24(2)14-19(22(20(28)15-24)23(29)16-8-4-3-5-9-16)25-13-12-21-26-17-10-6-7-11-18(17)27-21/h3-11,29H,12-15H2,1-2H3,(H,26,27)/b23-22+,25-19?.